The Balaban J connectivity index is 1.98. The molecule has 1 aromatic heterocycles. The van der Waals surface area contributed by atoms with Crippen molar-refractivity contribution in [1.82, 2.24) is 10.0 Å². The summed E-state index contributed by atoms with van der Waals surface area (Å²) in [5.74, 6) is -1.56. The summed E-state index contributed by atoms with van der Waals surface area (Å²) in [6.07, 6.45) is 1.53. The molecule has 2 rings (SSSR count). The van der Waals surface area contributed by atoms with Crippen molar-refractivity contribution in [1.29, 1.82) is 0 Å². The summed E-state index contributed by atoms with van der Waals surface area (Å²) in [7, 11) is -3.25. The molecule has 0 aliphatic heterocycles. The first-order chi connectivity index (χ1) is 11.7. The molecule has 0 aliphatic rings. The Hall–Kier alpha value is -1.84. The van der Waals surface area contributed by atoms with Crippen LogP contribution in [0.3, 0.4) is 0 Å². The van der Waals surface area contributed by atoms with E-state index in [0.717, 1.165) is 29.3 Å². The average Bonchev–Trinajstić information content (AvgIpc) is 2.97. The predicted octanol–water partition coefficient (Wildman–Crippen LogP) is 2.61. The van der Waals surface area contributed by atoms with E-state index < -0.39 is 33.6 Å². The average molecular weight is 388 g/mol. The van der Waals surface area contributed by atoms with Crippen LogP contribution >= 0.6 is 11.3 Å². The van der Waals surface area contributed by atoms with Gasteiger partial charge in [0.1, 0.15) is 11.6 Å². The molecule has 5 nitrogen and oxygen atoms in total. The molecular formula is C16H18F2N2O3S2. The second kappa shape index (κ2) is 8.03. The van der Waals surface area contributed by atoms with Crippen LogP contribution in [-0.4, -0.2) is 27.1 Å². The van der Waals surface area contributed by atoms with Crippen LogP contribution in [-0.2, 0) is 16.4 Å². The van der Waals surface area contributed by atoms with Crippen molar-refractivity contribution in [2.24, 2.45) is 0 Å². The molecular weight excluding hydrogens is 370 g/mol. The quantitative estimate of drug-likeness (QED) is 0.766. The zero-order valence-electron chi connectivity index (χ0n) is 13.7. The number of nitrogens with one attached hydrogen (secondary N) is 2. The third kappa shape index (κ3) is 5.87. The molecule has 2 N–H and O–H groups in total. The summed E-state index contributed by atoms with van der Waals surface area (Å²) in [5, 5.41) is 2.63. The molecule has 0 saturated heterocycles. The monoisotopic (exact) mass is 388 g/mol. The third-order valence-corrected chi connectivity index (χ3v) is 5.27. The highest BCUT2D eigenvalue weighted by Crippen LogP contribution is 2.21. The van der Waals surface area contributed by atoms with Crippen LogP contribution in [0, 0.1) is 11.6 Å². The van der Waals surface area contributed by atoms with Gasteiger partial charge >= 0.3 is 0 Å². The molecule has 0 saturated carbocycles. The molecule has 136 valence electrons. The van der Waals surface area contributed by atoms with Crippen molar-refractivity contribution in [2.75, 3.05) is 12.8 Å². The van der Waals surface area contributed by atoms with Crippen molar-refractivity contribution >= 4 is 27.3 Å². The summed E-state index contributed by atoms with van der Waals surface area (Å²) in [6, 6.07) is 5.74. The molecule has 1 heterocycles. The van der Waals surface area contributed by atoms with E-state index in [2.05, 4.69) is 10.0 Å². The Morgan fingerprint density at radius 1 is 1.24 bits per heavy atom. The second-order valence-corrected chi connectivity index (χ2v) is 8.54. The van der Waals surface area contributed by atoms with Crippen LogP contribution in [0.25, 0.3) is 0 Å². The van der Waals surface area contributed by atoms with E-state index in [0.29, 0.717) is 11.3 Å². The van der Waals surface area contributed by atoms with Gasteiger partial charge in [0.2, 0.25) is 10.0 Å². The van der Waals surface area contributed by atoms with Crippen LogP contribution in [0.15, 0.2) is 30.3 Å². The number of hydrogen-bond acceptors (Lipinski definition) is 4. The lowest BCUT2D eigenvalue weighted by Gasteiger charge is -2.14. The fourth-order valence-electron chi connectivity index (χ4n) is 2.19. The van der Waals surface area contributed by atoms with Crippen molar-refractivity contribution in [3.63, 3.8) is 0 Å². The lowest BCUT2D eigenvalue weighted by molar-refractivity contribution is 0.0943. The lowest BCUT2D eigenvalue weighted by Crippen LogP contribution is -2.26. The van der Waals surface area contributed by atoms with Crippen molar-refractivity contribution < 1.29 is 22.0 Å². The molecule has 2 aromatic rings. The standard InChI is InChI=1S/C16H18F2N2O3S2/c1-10(13-9-11(17)3-5-14(13)18)20-16(21)15-6-4-12(24-15)7-8-19-25(2,22)23/h3-6,9-10,19H,7-8H2,1-2H3,(H,20,21). The normalized spacial score (nSPS) is 12.8. The van der Waals surface area contributed by atoms with Gasteiger partial charge in [0.25, 0.3) is 5.91 Å². The molecule has 0 fully saturated rings. The maximum absolute atomic E-state index is 13.7. The van der Waals surface area contributed by atoms with Gasteiger partial charge in [-0.15, -0.1) is 11.3 Å². The zero-order chi connectivity index (χ0) is 18.6. The Morgan fingerprint density at radius 3 is 2.64 bits per heavy atom. The second-order valence-electron chi connectivity index (χ2n) is 5.54. The zero-order valence-corrected chi connectivity index (χ0v) is 15.3. The Labute approximate surface area is 149 Å². The number of halogens is 2. The summed E-state index contributed by atoms with van der Waals surface area (Å²) >= 11 is 1.22. The molecule has 1 amide bonds. The van der Waals surface area contributed by atoms with Gasteiger partial charge in [-0.25, -0.2) is 21.9 Å². The van der Waals surface area contributed by atoms with Crippen LogP contribution in [0.5, 0.6) is 0 Å². The van der Waals surface area contributed by atoms with E-state index in [1.54, 1.807) is 19.1 Å². The number of thiophene rings is 1. The first kappa shape index (κ1) is 19.5. The SMILES string of the molecule is CC(NC(=O)c1ccc(CCNS(C)(=O)=O)s1)c1cc(F)ccc1F. The Morgan fingerprint density at radius 2 is 1.96 bits per heavy atom. The van der Waals surface area contributed by atoms with Gasteiger partial charge in [0.15, 0.2) is 0 Å². The van der Waals surface area contributed by atoms with Crippen molar-refractivity contribution in [3.05, 3.63) is 57.3 Å². The predicted molar refractivity (Wildman–Crippen MR) is 93.1 cm³/mol. The lowest BCUT2D eigenvalue weighted by atomic mass is 10.1. The van der Waals surface area contributed by atoms with Crippen LogP contribution in [0.2, 0.25) is 0 Å². The van der Waals surface area contributed by atoms with Crippen molar-refractivity contribution in [2.45, 2.75) is 19.4 Å². The molecule has 0 bridgehead atoms. The number of sulfonamides is 1. The fourth-order valence-corrected chi connectivity index (χ4v) is 3.57. The minimum absolute atomic E-state index is 0.0717. The van der Waals surface area contributed by atoms with Crippen LogP contribution < -0.4 is 10.0 Å². The van der Waals surface area contributed by atoms with E-state index in [1.807, 2.05) is 0 Å². The van der Waals surface area contributed by atoms with E-state index in [4.69, 9.17) is 0 Å². The Kier molecular flexibility index (Phi) is 6.26. The number of hydrogen-bond donors (Lipinski definition) is 2. The fraction of sp³-hybridized carbons (Fsp3) is 0.312. The molecule has 1 atom stereocenters. The molecule has 0 aliphatic carbocycles. The van der Waals surface area contributed by atoms with Gasteiger partial charge in [-0.05, 0) is 43.7 Å². The number of carbonyl (C=O) groups is 1. The highest BCUT2D eigenvalue weighted by Gasteiger charge is 2.17. The third-order valence-electron chi connectivity index (χ3n) is 3.39. The largest absolute Gasteiger partial charge is 0.345 e. The highest BCUT2D eigenvalue weighted by molar-refractivity contribution is 7.88. The minimum Gasteiger partial charge on any atom is -0.345 e. The first-order valence-electron chi connectivity index (χ1n) is 7.45. The van der Waals surface area contributed by atoms with Gasteiger partial charge in [0, 0.05) is 17.0 Å². The number of amides is 1. The topological polar surface area (TPSA) is 75.3 Å². The molecule has 9 heteroatoms. The van der Waals surface area contributed by atoms with Crippen LogP contribution in [0.4, 0.5) is 8.78 Å². The van der Waals surface area contributed by atoms with Gasteiger partial charge in [0.05, 0.1) is 17.2 Å². The summed E-state index contributed by atoms with van der Waals surface area (Å²) < 4.78 is 51.4. The maximum atomic E-state index is 13.7. The number of benzene rings is 1. The van der Waals surface area contributed by atoms with Gasteiger partial charge in [-0.3, -0.25) is 4.79 Å². The molecule has 1 aromatic carbocycles. The minimum atomic E-state index is -3.25. The van der Waals surface area contributed by atoms with Gasteiger partial charge in [-0.2, -0.15) is 0 Å². The smallest absolute Gasteiger partial charge is 0.261 e. The van der Waals surface area contributed by atoms with E-state index in [-0.39, 0.29) is 12.1 Å². The summed E-state index contributed by atoms with van der Waals surface area (Å²) in [6.45, 7) is 1.81. The highest BCUT2D eigenvalue weighted by atomic mass is 32.2. The first-order valence-corrected chi connectivity index (χ1v) is 10.2. The molecule has 0 spiro atoms. The number of rotatable bonds is 7. The van der Waals surface area contributed by atoms with Crippen LogP contribution in [0.1, 0.15) is 33.1 Å². The molecule has 25 heavy (non-hydrogen) atoms. The Bertz CT molecular complexity index is 866. The van der Waals surface area contributed by atoms with E-state index in [9.17, 15) is 22.0 Å². The number of carbonyl (C=O) groups excluding carboxylic acids is 1. The van der Waals surface area contributed by atoms with E-state index >= 15 is 0 Å². The summed E-state index contributed by atoms with van der Waals surface area (Å²) in [4.78, 5) is 13.5. The van der Waals surface area contributed by atoms with E-state index in [1.165, 1.54) is 11.3 Å². The summed E-state index contributed by atoms with van der Waals surface area (Å²) in [5.41, 5.74) is 0.0717. The van der Waals surface area contributed by atoms with Gasteiger partial charge in [-0.1, -0.05) is 0 Å². The van der Waals surface area contributed by atoms with Gasteiger partial charge < -0.3 is 5.32 Å². The molecule has 1 unspecified atom stereocenters. The molecule has 0 radical (unpaired) electrons. The van der Waals surface area contributed by atoms with Crippen molar-refractivity contribution in [3.8, 4) is 0 Å². The maximum Gasteiger partial charge on any atom is 0.261 e.